The molecular weight excluding hydrogens is 220 g/mol. The van der Waals surface area contributed by atoms with Crippen LogP contribution in [0.25, 0.3) is 0 Å². The van der Waals surface area contributed by atoms with Crippen molar-refractivity contribution in [3.05, 3.63) is 0 Å². The molecule has 90 valence electrons. The van der Waals surface area contributed by atoms with E-state index >= 15 is 0 Å². The van der Waals surface area contributed by atoms with E-state index in [0.29, 0.717) is 0 Å². The van der Waals surface area contributed by atoms with Crippen molar-refractivity contribution in [2.75, 3.05) is 0 Å². The fourth-order valence-corrected chi connectivity index (χ4v) is 1.51. The molecule has 0 atom stereocenters. The Bertz CT molecular complexity index is 314. The average Bonchev–Trinajstić information content (AvgIpc) is 2.56. The minimum Gasteiger partial charge on any atom is -0.465 e. The van der Waals surface area contributed by atoms with Gasteiger partial charge in [0.25, 0.3) is 0 Å². The van der Waals surface area contributed by atoms with E-state index in [4.69, 9.17) is 10.2 Å². The van der Waals surface area contributed by atoms with E-state index in [1.807, 2.05) is 0 Å². The Morgan fingerprint density at radius 3 is 1.80 bits per heavy atom. The number of carboxylic acid groups (broad SMARTS) is 1. The van der Waals surface area contributed by atoms with E-state index in [1.54, 1.807) is 20.8 Å². The van der Waals surface area contributed by atoms with Crippen LogP contribution >= 0.6 is 0 Å². The van der Waals surface area contributed by atoms with Crippen molar-refractivity contribution < 1.29 is 18.3 Å². The van der Waals surface area contributed by atoms with Gasteiger partial charge in [-0.2, -0.15) is 0 Å². The number of rotatable bonds is 1. The number of carbonyl (C=O) groups is 1. The first-order chi connectivity index (χ1) is 6.52. The van der Waals surface area contributed by atoms with Gasteiger partial charge in [-0.1, -0.05) is 0 Å². The van der Waals surface area contributed by atoms with Crippen molar-refractivity contribution in [2.24, 2.45) is 5.14 Å². The number of primary sulfonamides is 1. The number of nitrogens with one attached hydrogen (secondary N) is 1. The zero-order valence-electron chi connectivity index (χ0n) is 9.15. The highest BCUT2D eigenvalue weighted by molar-refractivity contribution is 7.90. The first-order valence-corrected chi connectivity index (χ1v) is 6.16. The first kappa shape index (κ1) is 14.2. The van der Waals surface area contributed by atoms with Gasteiger partial charge in [0, 0.05) is 5.54 Å². The van der Waals surface area contributed by atoms with Crippen LogP contribution in [0.5, 0.6) is 0 Å². The van der Waals surface area contributed by atoms with E-state index < -0.39 is 16.1 Å². The fraction of sp³-hybridized carbons (Fsp3) is 0.875. The molecule has 1 aliphatic rings. The Balaban J connectivity index is 0.000000262. The molecule has 0 unspecified atom stereocenters. The third-order valence-corrected chi connectivity index (χ3v) is 2.87. The highest BCUT2D eigenvalue weighted by Gasteiger charge is 2.32. The summed E-state index contributed by atoms with van der Waals surface area (Å²) < 4.78 is 20.3. The Labute approximate surface area is 89.9 Å². The Morgan fingerprint density at radius 1 is 1.40 bits per heavy atom. The quantitative estimate of drug-likeness (QED) is 0.617. The molecule has 0 radical (unpaired) electrons. The lowest BCUT2D eigenvalue weighted by atomic mass is 10.1. The van der Waals surface area contributed by atoms with Crippen LogP contribution in [0.1, 0.15) is 33.6 Å². The van der Waals surface area contributed by atoms with Gasteiger partial charge in [-0.15, -0.1) is 0 Å². The molecule has 1 rings (SSSR count). The van der Waals surface area contributed by atoms with Gasteiger partial charge in [0.1, 0.15) is 0 Å². The number of hydrogen-bond donors (Lipinski definition) is 3. The molecular formula is C8H18N2O4S. The largest absolute Gasteiger partial charge is 0.465 e. The lowest BCUT2D eigenvalue weighted by molar-refractivity contribution is 0.184. The maximum Gasteiger partial charge on any atom is 0.405 e. The molecule has 0 bridgehead atoms. The SMILES string of the molecule is CC(C)(C)NC(=O)O.NS(=O)(=O)C1CC1. The van der Waals surface area contributed by atoms with Gasteiger partial charge in [0.15, 0.2) is 0 Å². The molecule has 0 aliphatic heterocycles. The summed E-state index contributed by atoms with van der Waals surface area (Å²) in [5.74, 6) is 0. The topological polar surface area (TPSA) is 109 Å². The third kappa shape index (κ3) is 9.48. The Kier molecular flexibility index (Phi) is 4.54. The molecule has 0 aromatic heterocycles. The summed E-state index contributed by atoms with van der Waals surface area (Å²) in [4.78, 5) is 9.90. The van der Waals surface area contributed by atoms with Crippen LogP contribution in [-0.4, -0.2) is 30.4 Å². The summed E-state index contributed by atoms with van der Waals surface area (Å²) in [5.41, 5.74) is -0.328. The molecule has 1 aliphatic carbocycles. The molecule has 7 heteroatoms. The summed E-state index contributed by atoms with van der Waals surface area (Å²) in [6.07, 6.45) is 0.551. The number of nitrogens with two attached hydrogens (primary N) is 1. The fourth-order valence-electron chi connectivity index (χ4n) is 0.717. The molecule has 0 spiro atoms. The van der Waals surface area contributed by atoms with Crippen molar-refractivity contribution in [2.45, 2.75) is 44.4 Å². The van der Waals surface area contributed by atoms with Crippen LogP contribution in [0.3, 0.4) is 0 Å². The monoisotopic (exact) mass is 238 g/mol. The van der Waals surface area contributed by atoms with Gasteiger partial charge in [0.2, 0.25) is 10.0 Å². The second-order valence-corrected chi connectivity index (χ2v) is 6.31. The zero-order valence-corrected chi connectivity index (χ0v) is 9.97. The predicted molar refractivity (Wildman–Crippen MR) is 57.0 cm³/mol. The van der Waals surface area contributed by atoms with Gasteiger partial charge < -0.3 is 10.4 Å². The minimum absolute atomic E-state index is 0.201. The van der Waals surface area contributed by atoms with Gasteiger partial charge in [-0.25, -0.2) is 18.4 Å². The van der Waals surface area contributed by atoms with Crippen LogP contribution < -0.4 is 10.5 Å². The van der Waals surface area contributed by atoms with Crippen molar-refractivity contribution in [3.63, 3.8) is 0 Å². The maximum absolute atomic E-state index is 10.2. The highest BCUT2D eigenvalue weighted by atomic mass is 32.2. The highest BCUT2D eigenvalue weighted by Crippen LogP contribution is 2.25. The number of sulfonamides is 1. The summed E-state index contributed by atoms with van der Waals surface area (Å²) in [6.45, 7) is 5.38. The molecule has 1 saturated carbocycles. The first-order valence-electron chi connectivity index (χ1n) is 4.55. The molecule has 0 aromatic carbocycles. The van der Waals surface area contributed by atoms with E-state index in [0.717, 1.165) is 12.8 Å². The maximum atomic E-state index is 10.2. The molecule has 0 saturated heterocycles. The van der Waals surface area contributed by atoms with Crippen LogP contribution in [0.4, 0.5) is 4.79 Å². The lowest BCUT2D eigenvalue weighted by Gasteiger charge is -2.16. The lowest BCUT2D eigenvalue weighted by Crippen LogP contribution is -2.39. The second kappa shape index (κ2) is 4.80. The molecule has 0 aromatic rings. The van der Waals surface area contributed by atoms with Gasteiger partial charge in [-0.05, 0) is 33.6 Å². The Hall–Kier alpha value is -0.820. The van der Waals surface area contributed by atoms with E-state index in [2.05, 4.69) is 5.32 Å². The van der Waals surface area contributed by atoms with Crippen LogP contribution in [0.15, 0.2) is 0 Å². The second-order valence-electron chi connectivity index (χ2n) is 4.47. The molecule has 6 nitrogen and oxygen atoms in total. The predicted octanol–water partition coefficient (Wildman–Crippen LogP) is 0.490. The van der Waals surface area contributed by atoms with Crippen molar-refractivity contribution in [3.8, 4) is 0 Å². The molecule has 1 fully saturated rings. The third-order valence-electron chi connectivity index (χ3n) is 1.47. The van der Waals surface area contributed by atoms with Crippen LogP contribution in [-0.2, 0) is 10.0 Å². The standard InChI is InChI=1S/C5H11NO2.C3H7NO2S/c1-5(2,3)6-4(7)8;4-7(5,6)3-1-2-3/h6H,1-3H3,(H,7,8);3H,1-2H2,(H2,4,5,6). The normalized spacial score (nSPS) is 16.3. The van der Waals surface area contributed by atoms with E-state index in [-0.39, 0.29) is 10.8 Å². The van der Waals surface area contributed by atoms with Crippen molar-refractivity contribution >= 4 is 16.1 Å². The summed E-state index contributed by atoms with van der Waals surface area (Å²) in [6, 6.07) is 0. The minimum atomic E-state index is -3.13. The molecule has 4 N–H and O–H groups in total. The summed E-state index contributed by atoms with van der Waals surface area (Å²) in [7, 11) is -3.13. The van der Waals surface area contributed by atoms with E-state index in [9.17, 15) is 13.2 Å². The summed E-state index contributed by atoms with van der Waals surface area (Å²) >= 11 is 0. The molecule has 15 heavy (non-hydrogen) atoms. The Morgan fingerprint density at radius 2 is 1.80 bits per heavy atom. The van der Waals surface area contributed by atoms with Crippen molar-refractivity contribution in [1.82, 2.24) is 5.32 Å². The van der Waals surface area contributed by atoms with Gasteiger partial charge in [-0.3, -0.25) is 0 Å². The number of hydrogen-bond acceptors (Lipinski definition) is 3. The van der Waals surface area contributed by atoms with Gasteiger partial charge >= 0.3 is 6.09 Å². The smallest absolute Gasteiger partial charge is 0.405 e. The summed E-state index contributed by atoms with van der Waals surface area (Å²) in [5, 5.41) is 14.9. The van der Waals surface area contributed by atoms with Gasteiger partial charge in [0.05, 0.1) is 5.25 Å². The zero-order chi connectivity index (χ0) is 12.3. The molecule has 1 amide bonds. The molecule has 0 heterocycles. The van der Waals surface area contributed by atoms with Crippen LogP contribution in [0, 0.1) is 0 Å². The van der Waals surface area contributed by atoms with Crippen LogP contribution in [0.2, 0.25) is 0 Å². The average molecular weight is 238 g/mol. The van der Waals surface area contributed by atoms with Crippen molar-refractivity contribution in [1.29, 1.82) is 0 Å². The van der Waals surface area contributed by atoms with E-state index in [1.165, 1.54) is 0 Å². The number of amides is 1.